The van der Waals surface area contributed by atoms with Crippen LogP contribution in [0.2, 0.25) is 0 Å². The fourth-order valence-electron chi connectivity index (χ4n) is 2.08. The van der Waals surface area contributed by atoms with E-state index in [0.717, 1.165) is 23.3 Å². The summed E-state index contributed by atoms with van der Waals surface area (Å²) in [6, 6.07) is 7.98. The van der Waals surface area contributed by atoms with Crippen LogP contribution in [-0.4, -0.2) is 13.0 Å². The van der Waals surface area contributed by atoms with Gasteiger partial charge < -0.3 is 10.1 Å². The normalized spacial score (nSPS) is 15.4. The molecule has 1 saturated carbocycles. The van der Waals surface area contributed by atoms with E-state index in [9.17, 15) is 4.79 Å². The Morgan fingerprint density at radius 1 is 1.53 bits per heavy atom. The van der Waals surface area contributed by atoms with Crippen LogP contribution in [0, 0.1) is 16.7 Å². The molecule has 1 N–H and O–H groups in total. The molecule has 100 valence electrons. The molecule has 2 rings (SSSR count). The van der Waals surface area contributed by atoms with Crippen LogP contribution >= 0.6 is 0 Å². The molecule has 1 aromatic rings. The van der Waals surface area contributed by atoms with Gasteiger partial charge in [0.05, 0.1) is 13.2 Å². The Bertz CT molecular complexity index is 527. The van der Waals surface area contributed by atoms with E-state index in [1.807, 2.05) is 18.2 Å². The number of aryl methyl sites for hydroxylation is 1. The van der Waals surface area contributed by atoms with E-state index in [4.69, 9.17) is 10.00 Å². The van der Waals surface area contributed by atoms with E-state index in [-0.39, 0.29) is 5.91 Å². The Morgan fingerprint density at radius 2 is 2.26 bits per heavy atom. The molecule has 0 unspecified atom stereocenters. The number of amides is 1. The molecule has 4 nitrogen and oxygen atoms in total. The van der Waals surface area contributed by atoms with Gasteiger partial charge in [0, 0.05) is 6.54 Å². The number of methoxy groups -OCH3 is 1. The van der Waals surface area contributed by atoms with E-state index < -0.39 is 5.41 Å². The summed E-state index contributed by atoms with van der Waals surface area (Å²) in [6.07, 6.45) is 2.24. The van der Waals surface area contributed by atoms with Gasteiger partial charge >= 0.3 is 0 Å². The zero-order valence-corrected chi connectivity index (χ0v) is 11.3. The number of hydrogen-bond donors (Lipinski definition) is 1. The summed E-state index contributed by atoms with van der Waals surface area (Å²) in [4.78, 5) is 11.9. The van der Waals surface area contributed by atoms with Gasteiger partial charge in [-0.2, -0.15) is 5.26 Å². The Hall–Kier alpha value is -2.02. The van der Waals surface area contributed by atoms with Crippen LogP contribution in [-0.2, 0) is 17.8 Å². The summed E-state index contributed by atoms with van der Waals surface area (Å²) < 4.78 is 5.27. The van der Waals surface area contributed by atoms with E-state index in [2.05, 4.69) is 18.3 Å². The molecule has 0 radical (unpaired) electrons. The van der Waals surface area contributed by atoms with Gasteiger partial charge in [-0.15, -0.1) is 0 Å². The first-order valence-corrected chi connectivity index (χ1v) is 6.50. The van der Waals surface area contributed by atoms with E-state index in [1.54, 1.807) is 7.11 Å². The minimum atomic E-state index is -0.750. The maximum Gasteiger partial charge on any atom is 0.240 e. The van der Waals surface area contributed by atoms with Gasteiger partial charge in [0.25, 0.3) is 0 Å². The number of nitriles is 1. The molecule has 19 heavy (non-hydrogen) atoms. The van der Waals surface area contributed by atoms with Gasteiger partial charge in [0.15, 0.2) is 0 Å². The first-order chi connectivity index (χ1) is 9.15. The molecule has 1 aliphatic rings. The molecule has 0 aromatic heterocycles. The van der Waals surface area contributed by atoms with Crippen molar-refractivity contribution in [3.05, 3.63) is 29.3 Å². The summed E-state index contributed by atoms with van der Waals surface area (Å²) in [5, 5.41) is 11.8. The van der Waals surface area contributed by atoms with Crippen LogP contribution < -0.4 is 10.1 Å². The van der Waals surface area contributed by atoms with Gasteiger partial charge in [-0.05, 0) is 36.5 Å². The zero-order valence-electron chi connectivity index (χ0n) is 11.3. The van der Waals surface area contributed by atoms with Gasteiger partial charge in [-0.1, -0.05) is 19.1 Å². The van der Waals surface area contributed by atoms with Gasteiger partial charge in [0.2, 0.25) is 5.91 Å². The lowest BCUT2D eigenvalue weighted by molar-refractivity contribution is -0.124. The third-order valence-electron chi connectivity index (χ3n) is 3.58. The number of ether oxygens (including phenoxy) is 1. The molecule has 0 heterocycles. The highest BCUT2D eigenvalue weighted by Gasteiger charge is 2.50. The Balaban J connectivity index is 2.00. The zero-order chi connectivity index (χ0) is 13.9. The summed E-state index contributed by atoms with van der Waals surface area (Å²) >= 11 is 0. The Morgan fingerprint density at radius 3 is 2.79 bits per heavy atom. The lowest BCUT2D eigenvalue weighted by Gasteiger charge is -2.11. The molecule has 0 atom stereocenters. The first-order valence-electron chi connectivity index (χ1n) is 6.50. The van der Waals surface area contributed by atoms with Crippen LogP contribution in [0.1, 0.15) is 30.9 Å². The predicted molar refractivity (Wildman–Crippen MR) is 71.5 cm³/mol. The summed E-state index contributed by atoms with van der Waals surface area (Å²) in [5.41, 5.74) is 1.40. The minimum absolute atomic E-state index is 0.149. The largest absolute Gasteiger partial charge is 0.496 e. The summed E-state index contributed by atoms with van der Waals surface area (Å²) in [5.74, 6) is 0.720. The summed E-state index contributed by atoms with van der Waals surface area (Å²) in [7, 11) is 1.65. The van der Waals surface area contributed by atoms with Crippen LogP contribution in [0.3, 0.4) is 0 Å². The monoisotopic (exact) mass is 258 g/mol. The average molecular weight is 258 g/mol. The second-order valence-corrected chi connectivity index (χ2v) is 4.88. The van der Waals surface area contributed by atoms with Crippen molar-refractivity contribution >= 4 is 5.91 Å². The van der Waals surface area contributed by atoms with Crippen molar-refractivity contribution in [2.75, 3.05) is 7.11 Å². The topological polar surface area (TPSA) is 62.1 Å². The first kappa shape index (κ1) is 13.4. The van der Waals surface area contributed by atoms with E-state index in [1.165, 1.54) is 0 Å². The highest BCUT2D eigenvalue weighted by molar-refractivity contribution is 5.88. The molecular formula is C15H18N2O2. The predicted octanol–water partition coefficient (Wildman–Crippen LogP) is 2.18. The second kappa shape index (κ2) is 5.31. The molecular weight excluding hydrogens is 240 g/mol. The van der Waals surface area contributed by atoms with Gasteiger partial charge in [0.1, 0.15) is 11.2 Å². The Labute approximate surface area is 113 Å². The summed E-state index contributed by atoms with van der Waals surface area (Å²) in [6.45, 7) is 2.52. The molecule has 0 spiro atoms. The highest BCUT2D eigenvalue weighted by Crippen LogP contribution is 2.45. The number of hydrogen-bond acceptors (Lipinski definition) is 3. The van der Waals surface area contributed by atoms with Crippen LogP contribution in [0.5, 0.6) is 5.75 Å². The van der Waals surface area contributed by atoms with Gasteiger partial charge in [-0.3, -0.25) is 4.79 Å². The lowest BCUT2D eigenvalue weighted by Crippen LogP contribution is -2.30. The van der Waals surface area contributed by atoms with E-state index >= 15 is 0 Å². The number of nitrogens with one attached hydrogen (secondary N) is 1. The van der Waals surface area contributed by atoms with Crippen LogP contribution in [0.25, 0.3) is 0 Å². The second-order valence-electron chi connectivity index (χ2n) is 4.88. The van der Waals surface area contributed by atoms with E-state index in [0.29, 0.717) is 19.4 Å². The average Bonchev–Trinajstić information content (AvgIpc) is 3.25. The van der Waals surface area contributed by atoms with Crippen molar-refractivity contribution in [1.29, 1.82) is 5.26 Å². The minimum Gasteiger partial charge on any atom is -0.496 e. The number of nitrogens with zero attached hydrogens (tertiary/aromatic N) is 1. The lowest BCUT2D eigenvalue weighted by atomic mass is 10.1. The van der Waals surface area contributed by atoms with Crippen molar-refractivity contribution in [2.45, 2.75) is 32.7 Å². The maximum atomic E-state index is 11.9. The molecule has 0 bridgehead atoms. The Kier molecular flexibility index (Phi) is 3.75. The molecule has 1 aromatic carbocycles. The van der Waals surface area contributed by atoms with Crippen molar-refractivity contribution in [1.82, 2.24) is 5.32 Å². The van der Waals surface area contributed by atoms with Crippen LogP contribution in [0.15, 0.2) is 18.2 Å². The fraction of sp³-hybridized carbons (Fsp3) is 0.467. The highest BCUT2D eigenvalue weighted by atomic mass is 16.5. The SMILES string of the molecule is CCc1cc(CNC(=O)C2(C#N)CC2)ccc1OC. The van der Waals surface area contributed by atoms with Crippen molar-refractivity contribution in [2.24, 2.45) is 5.41 Å². The number of carbonyl (C=O) groups excluding carboxylic acids is 1. The van der Waals surface area contributed by atoms with Crippen molar-refractivity contribution in [3.63, 3.8) is 0 Å². The molecule has 1 aliphatic carbocycles. The number of carbonyl (C=O) groups is 1. The molecule has 1 amide bonds. The van der Waals surface area contributed by atoms with Gasteiger partial charge in [-0.25, -0.2) is 0 Å². The number of rotatable bonds is 5. The molecule has 1 fully saturated rings. The number of benzene rings is 1. The smallest absolute Gasteiger partial charge is 0.240 e. The van der Waals surface area contributed by atoms with Crippen molar-refractivity contribution in [3.8, 4) is 11.8 Å². The van der Waals surface area contributed by atoms with Crippen molar-refractivity contribution < 1.29 is 9.53 Å². The quantitative estimate of drug-likeness (QED) is 0.880. The standard InChI is InChI=1S/C15H18N2O2/c1-3-12-8-11(4-5-13(12)19-2)9-17-14(18)15(10-16)6-7-15/h4-5,8H,3,6-7,9H2,1-2H3,(H,17,18). The van der Waals surface area contributed by atoms with Crippen LogP contribution in [0.4, 0.5) is 0 Å². The third-order valence-corrected chi connectivity index (χ3v) is 3.58. The fourth-order valence-corrected chi connectivity index (χ4v) is 2.08. The molecule has 4 heteroatoms. The molecule has 0 aliphatic heterocycles. The molecule has 0 saturated heterocycles. The maximum absolute atomic E-state index is 11.9. The third kappa shape index (κ3) is 2.70.